The van der Waals surface area contributed by atoms with Crippen LogP contribution >= 0.6 is 0 Å². The van der Waals surface area contributed by atoms with Crippen molar-refractivity contribution >= 4 is 54.8 Å². The maximum atomic E-state index is 11.7. The fraction of sp³-hybridized carbons (Fsp3) is 0.695. The number of nitrogens with one attached hydrogen (secondary N) is 1. The molecule has 5 amide bonds. The highest BCUT2D eigenvalue weighted by molar-refractivity contribution is 7.92. The smallest absolute Gasteiger partial charge is 0.257 e. The largest absolute Gasteiger partial charge is 0.420 e. The molecule has 2 N–H and O–H groups in total. The Morgan fingerprint density at radius 3 is 1.28 bits per heavy atom. The Morgan fingerprint density at radius 1 is 0.533 bits per heavy atom. The van der Waals surface area contributed by atoms with Crippen LogP contribution in [-0.2, 0) is 50.1 Å². The van der Waals surface area contributed by atoms with E-state index in [0.29, 0.717) is 101 Å². The number of hydrogen-bond acceptors (Lipinski definition) is 14. The first-order chi connectivity index (χ1) is 63.0. The summed E-state index contributed by atoms with van der Waals surface area (Å²) >= 11 is 0. The van der Waals surface area contributed by atoms with Crippen LogP contribution in [0.25, 0.3) is 17.0 Å². The molecule has 0 bridgehead atoms. The van der Waals surface area contributed by atoms with Gasteiger partial charge in [-0.2, -0.15) is 5.26 Å². The molecule has 788 valence electrons. The van der Waals surface area contributed by atoms with Crippen molar-refractivity contribution in [1.29, 1.82) is 5.26 Å². The molecular formula is C118H208N6O11S2. The molecule has 0 radical (unpaired) electrons. The standard InChI is InChI=1S/C15H19N.C14H18N2O.C11H16.C10H17NO2.C10H15NO2.C10H19NO.C10H20.C9H20O2S.C9H18.C8H18O2S.C8H18O.C4H10/c1-11(2)13-5-7-14(8-6-13)15(9-10-16)12(3)4;1-9(2)11-5-7-12(8-6-11)14-16-15-13(17-14)10(3)4;1-10(2)8-9-11-6-4-3-5-7-11;2*1-6(2)8-5-9(12)11(7(3)4)10(8)13;1-7(2)9(5)6-10(12)11-8(3)4;1-9(2)7-5-6-8-10(3)4;1-8(2)5-6-12(10,11)7-9(3)4;1-8(2)6-5-7-9(3)4;1-7(2)5-6-11(9,10)8(3)4;1-6(2)5-8(9)7(3)4;1-4(2)3/h5-9,11-12H,1-4H3;5-10H,1-4H3;3-7,10H,8-9H2,1-2H3;6-8H,5H2,1-4H3;5-7H,1-4H3;7-8H,5-6H2,1-4H3,(H,11,12);5-6,9-10H,7-8H2,1-4H3;8-9H,5-7H2,1-4H3;5-6,8-9H,7H2,1-4H3;7-8H,5-6H2,1-4H3;6-9H,5H2,1-4H3;4H,1-3H3. The third-order valence-electron chi connectivity index (χ3n) is 21.0. The Balaban J connectivity index is -0.000000345. The lowest BCUT2D eigenvalue weighted by Crippen LogP contribution is -2.37. The van der Waals surface area contributed by atoms with Crippen LogP contribution in [0.4, 0.5) is 0 Å². The van der Waals surface area contributed by atoms with E-state index in [2.05, 4.69) is 265 Å². The van der Waals surface area contributed by atoms with Gasteiger partial charge in [0.1, 0.15) is 0 Å². The van der Waals surface area contributed by atoms with Gasteiger partial charge in [0.15, 0.2) is 19.7 Å². The molecular weight excluding hydrogens is 1740 g/mol. The molecule has 2 unspecified atom stereocenters. The fourth-order valence-electron chi connectivity index (χ4n) is 12.1. The fourth-order valence-corrected chi connectivity index (χ4v) is 15.4. The van der Waals surface area contributed by atoms with E-state index in [9.17, 15) is 45.9 Å². The maximum Gasteiger partial charge on any atom is 0.257 e. The number of amides is 5. The molecule has 19 heteroatoms. The van der Waals surface area contributed by atoms with Gasteiger partial charge in [0.05, 0.1) is 34.7 Å². The first-order valence-corrected chi connectivity index (χ1v) is 55.5. The first kappa shape index (κ1) is 140. The van der Waals surface area contributed by atoms with E-state index in [0.717, 1.165) is 71.1 Å². The summed E-state index contributed by atoms with van der Waals surface area (Å²) in [7, 11) is -5.57. The van der Waals surface area contributed by atoms with Crippen molar-refractivity contribution in [2.75, 3.05) is 17.3 Å². The number of aromatic nitrogens is 2. The average Bonchev–Trinajstić information content (AvgIpc) is 1.68. The number of imide groups is 2. The Bertz CT molecular complexity index is 4210. The number of carbonyl (C=O) groups is 5. The molecule has 17 nitrogen and oxygen atoms in total. The summed E-state index contributed by atoms with van der Waals surface area (Å²) in [4.78, 5) is 60.0. The highest BCUT2D eigenvalue weighted by atomic mass is 32.2. The van der Waals surface area contributed by atoms with Crippen LogP contribution in [0, 0.1) is 106 Å². The van der Waals surface area contributed by atoms with Gasteiger partial charge in [-0.05, 0) is 247 Å². The highest BCUT2D eigenvalue weighted by Gasteiger charge is 2.41. The molecule has 1 fully saturated rings. The zero-order valence-corrected chi connectivity index (χ0v) is 97.4. The average molecular weight is 1950 g/mol. The highest BCUT2D eigenvalue weighted by Crippen LogP contribution is 2.30. The number of carbonyl (C=O) groups excluding carboxylic acids is 5. The first-order valence-electron chi connectivity index (χ1n) is 52.0. The van der Waals surface area contributed by atoms with Gasteiger partial charge in [0.25, 0.3) is 11.8 Å². The topological polar surface area (TPSA) is 255 Å². The molecule has 2 atom stereocenters. The summed E-state index contributed by atoms with van der Waals surface area (Å²) in [5.41, 5.74) is 8.97. The third kappa shape index (κ3) is 75.2. The molecule has 3 aromatic carbocycles. The van der Waals surface area contributed by atoms with Gasteiger partial charge in [0, 0.05) is 66.1 Å². The van der Waals surface area contributed by atoms with Crippen LogP contribution in [0.5, 0.6) is 0 Å². The lowest BCUT2D eigenvalue weighted by Gasteiger charge is -2.19. The number of aliphatic hydroxyl groups excluding tert-OH is 1. The van der Waals surface area contributed by atoms with Crippen LogP contribution in [0.15, 0.2) is 137 Å². The molecule has 0 saturated carbocycles. The number of nitriles is 1. The van der Waals surface area contributed by atoms with E-state index in [1.807, 2.05) is 164 Å². The van der Waals surface area contributed by atoms with Crippen LogP contribution in [0.2, 0.25) is 0 Å². The quantitative estimate of drug-likeness (QED) is 0.0244. The molecule has 2 aliphatic heterocycles. The van der Waals surface area contributed by atoms with E-state index in [-0.39, 0.29) is 88.6 Å². The number of likely N-dealkylation sites (tertiary alicyclic amines) is 1. The maximum absolute atomic E-state index is 11.7. The van der Waals surface area contributed by atoms with E-state index >= 15 is 0 Å². The number of nitrogens with zero attached hydrogens (tertiary/aromatic N) is 5. The lowest BCUT2D eigenvalue weighted by atomic mass is 9.93. The summed E-state index contributed by atoms with van der Waals surface area (Å²) in [6, 6.07) is 29.8. The van der Waals surface area contributed by atoms with Gasteiger partial charge < -0.3 is 14.8 Å². The summed E-state index contributed by atoms with van der Waals surface area (Å²) in [6.07, 6.45) is 21.7. The van der Waals surface area contributed by atoms with Gasteiger partial charge in [-0.3, -0.25) is 33.8 Å². The van der Waals surface area contributed by atoms with Crippen molar-refractivity contribution in [1.82, 2.24) is 25.3 Å². The van der Waals surface area contributed by atoms with Crippen LogP contribution in [0.1, 0.15) is 415 Å². The van der Waals surface area contributed by atoms with E-state index in [1.54, 1.807) is 19.9 Å². The normalized spacial score (nSPS) is 13.6. The Morgan fingerprint density at radius 2 is 0.978 bits per heavy atom. The predicted octanol–water partition coefficient (Wildman–Crippen LogP) is 31.1. The van der Waals surface area contributed by atoms with Crippen LogP contribution in [0.3, 0.4) is 0 Å². The molecule has 2 aliphatic rings. The Kier molecular flexibility index (Phi) is 79.1. The second kappa shape index (κ2) is 77.3. The number of sulfone groups is 2. The molecule has 1 saturated heterocycles. The number of allylic oxidation sites excluding steroid dienone is 6. The minimum atomic E-state index is -2.79. The van der Waals surface area contributed by atoms with Gasteiger partial charge in [-0.1, -0.05) is 359 Å². The van der Waals surface area contributed by atoms with Crippen molar-refractivity contribution in [3.8, 4) is 17.5 Å². The van der Waals surface area contributed by atoms with E-state index in [4.69, 9.17) is 9.68 Å². The minimum absolute atomic E-state index is 0.00347. The van der Waals surface area contributed by atoms with Gasteiger partial charge in [0.2, 0.25) is 29.5 Å². The summed E-state index contributed by atoms with van der Waals surface area (Å²) in [5.74, 6) is 11.5. The van der Waals surface area contributed by atoms with Crippen molar-refractivity contribution < 1.29 is 50.3 Å². The molecule has 6 rings (SSSR count). The van der Waals surface area contributed by atoms with Crippen LogP contribution < -0.4 is 5.32 Å². The molecule has 1 aromatic heterocycles. The zero-order chi connectivity index (χ0) is 108. The predicted molar refractivity (Wildman–Crippen MR) is 592 cm³/mol. The summed E-state index contributed by atoms with van der Waals surface area (Å²) in [5, 5.41) is 28.8. The van der Waals surface area contributed by atoms with Crippen LogP contribution in [-0.4, -0.2) is 118 Å². The SMILES string of the molecule is C=C(CC(=O)NC(C)C)C(C)C.CC(C)C.CC(C)C(=CC#N)c1ccc(C(C)C)cc1.CC(C)C1=CC(=O)N(C(C)C)C1=O.CC(C)C1CC(=O)N(C(C)C)C1=O.CC(C)C=CCC(C)C.CC(C)CC(O)C(C)C.CC(C)CC=CCC(C)C.CC(C)CCS(=O)(=O)C(C)C.CC(C)CCS(=O)(=O)CC(C)C.CC(C)CCc1ccccc1.CC(C)c1ccc(-c2nnc(C(C)C)o2)cc1. The summed E-state index contributed by atoms with van der Waals surface area (Å²) in [6.45, 7) is 96.9. The second-order valence-electron chi connectivity index (χ2n) is 44.8. The van der Waals surface area contributed by atoms with Gasteiger partial charge in [-0.15, -0.1) is 10.2 Å². The number of aliphatic hydroxyl groups is 1. The lowest BCUT2D eigenvalue weighted by molar-refractivity contribution is -0.142. The molecule has 0 spiro atoms. The monoisotopic (exact) mass is 1950 g/mol. The number of rotatable bonds is 36. The van der Waals surface area contributed by atoms with E-state index < -0.39 is 19.7 Å². The number of benzene rings is 3. The van der Waals surface area contributed by atoms with Gasteiger partial charge in [-0.25, -0.2) is 16.8 Å². The van der Waals surface area contributed by atoms with Crippen molar-refractivity contribution in [3.63, 3.8) is 0 Å². The number of hydrogen-bond donors (Lipinski definition) is 2. The molecule has 137 heavy (non-hydrogen) atoms. The Hall–Kier alpha value is -7.40. The van der Waals surface area contributed by atoms with Gasteiger partial charge >= 0.3 is 0 Å². The van der Waals surface area contributed by atoms with Crippen molar-refractivity contribution in [2.45, 2.75) is 423 Å². The van der Waals surface area contributed by atoms with Crippen molar-refractivity contribution in [3.05, 3.63) is 161 Å². The molecule has 3 heterocycles. The Labute approximate surface area is 843 Å². The minimum Gasteiger partial charge on any atom is -0.420 e. The van der Waals surface area contributed by atoms with Crippen molar-refractivity contribution in [2.24, 2.45) is 94.7 Å². The second-order valence-corrected chi connectivity index (χ2v) is 49.7. The number of aryl methyl sites for hydroxylation is 1. The molecule has 4 aromatic rings. The zero-order valence-electron chi connectivity index (χ0n) is 95.8. The molecule has 0 aliphatic carbocycles. The van der Waals surface area contributed by atoms with E-state index in [1.165, 1.54) is 64.7 Å². The third-order valence-corrected chi connectivity index (χ3v) is 25.2. The summed E-state index contributed by atoms with van der Waals surface area (Å²) < 4.78 is 50.8.